The van der Waals surface area contributed by atoms with Crippen LogP contribution >= 0.6 is 0 Å². The smallest absolute Gasteiger partial charge is 0.0287 e. The standard InChI is InChI=1S/C36H30/c1-23-9-3-7-13-29(23)35-24(2)15-18-33-32(35)20-19-31-30-14-8-6-12-27(30)22-34(36(31)33)28-17-16-25-10-4-5-11-26(25)21-28/h3-14,16-17,19-22,24,34H,15,18H2,1-2H3. The predicted molar refractivity (Wildman–Crippen MR) is 151 cm³/mol. The first-order chi connectivity index (χ1) is 17.7. The Morgan fingerprint density at radius 1 is 0.667 bits per heavy atom. The van der Waals surface area contributed by atoms with Crippen molar-refractivity contribution >= 4 is 22.4 Å². The Hall–Kier alpha value is -3.90. The molecule has 36 heavy (non-hydrogen) atoms. The van der Waals surface area contributed by atoms with Crippen molar-refractivity contribution in [3.05, 3.63) is 152 Å². The van der Waals surface area contributed by atoms with Crippen molar-refractivity contribution in [1.29, 1.82) is 0 Å². The molecular formula is C36H30. The molecule has 0 heteroatoms. The van der Waals surface area contributed by atoms with E-state index in [2.05, 4.69) is 123 Å². The highest BCUT2D eigenvalue weighted by Gasteiger charge is 2.26. The Balaban J connectivity index is 1.60. The minimum absolute atomic E-state index is 0.251. The van der Waals surface area contributed by atoms with Gasteiger partial charge in [-0.3, -0.25) is 0 Å². The van der Waals surface area contributed by atoms with Gasteiger partial charge in [-0.05, 0) is 90.7 Å². The van der Waals surface area contributed by atoms with Gasteiger partial charge in [0.2, 0.25) is 0 Å². The fourth-order valence-electron chi connectivity index (χ4n) is 6.65. The molecule has 0 aromatic heterocycles. The highest BCUT2D eigenvalue weighted by molar-refractivity contribution is 5.84. The zero-order chi connectivity index (χ0) is 24.2. The van der Waals surface area contributed by atoms with Gasteiger partial charge in [0, 0.05) is 5.92 Å². The SMILES string of the molecule is Cc1ccccc1C1=c2ccc3c(c2CCC1C)C(c1ccc2ccccc2c1)C=c1ccccc1=3. The molecule has 174 valence electrons. The number of hydrogen-bond acceptors (Lipinski definition) is 0. The van der Waals surface area contributed by atoms with E-state index < -0.39 is 0 Å². The lowest BCUT2D eigenvalue weighted by molar-refractivity contribution is 0.637. The molecule has 5 aromatic carbocycles. The van der Waals surface area contributed by atoms with Gasteiger partial charge in [0.1, 0.15) is 0 Å². The normalized spacial score (nSPS) is 18.2. The molecule has 0 radical (unpaired) electrons. The van der Waals surface area contributed by atoms with Crippen molar-refractivity contribution in [3.63, 3.8) is 0 Å². The molecule has 2 unspecified atom stereocenters. The van der Waals surface area contributed by atoms with E-state index in [9.17, 15) is 0 Å². The molecule has 5 aromatic rings. The quantitative estimate of drug-likeness (QED) is 0.261. The van der Waals surface area contributed by atoms with E-state index in [1.165, 1.54) is 65.9 Å². The number of fused-ring (bicyclic) bond motifs is 5. The summed E-state index contributed by atoms with van der Waals surface area (Å²) in [6, 6.07) is 38.4. The number of benzene rings is 5. The highest BCUT2D eigenvalue weighted by Crippen LogP contribution is 2.37. The predicted octanol–water partition coefficient (Wildman–Crippen LogP) is 7.14. The van der Waals surface area contributed by atoms with E-state index in [1.54, 1.807) is 5.56 Å². The summed E-state index contributed by atoms with van der Waals surface area (Å²) in [5.41, 5.74) is 8.75. The van der Waals surface area contributed by atoms with Gasteiger partial charge in [-0.25, -0.2) is 0 Å². The Bertz CT molecular complexity index is 1870. The van der Waals surface area contributed by atoms with E-state index in [1.807, 2.05) is 0 Å². The van der Waals surface area contributed by atoms with Crippen molar-refractivity contribution in [3.8, 4) is 0 Å². The molecule has 2 atom stereocenters. The molecule has 0 heterocycles. The van der Waals surface area contributed by atoms with Gasteiger partial charge < -0.3 is 0 Å². The second kappa shape index (κ2) is 8.35. The average molecular weight is 463 g/mol. The van der Waals surface area contributed by atoms with E-state index in [-0.39, 0.29) is 5.92 Å². The van der Waals surface area contributed by atoms with E-state index in [4.69, 9.17) is 0 Å². The lowest BCUT2D eigenvalue weighted by Gasteiger charge is -2.29. The van der Waals surface area contributed by atoms with Crippen LogP contribution in [0.2, 0.25) is 0 Å². The number of rotatable bonds is 2. The molecule has 0 spiro atoms. The van der Waals surface area contributed by atoms with Crippen LogP contribution in [0.5, 0.6) is 0 Å². The van der Waals surface area contributed by atoms with Crippen molar-refractivity contribution in [2.24, 2.45) is 5.92 Å². The van der Waals surface area contributed by atoms with Gasteiger partial charge in [0.05, 0.1) is 0 Å². The molecule has 2 aliphatic rings. The minimum atomic E-state index is 0.251. The maximum atomic E-state index is 2.51. The molecule has 0 nitrogen and oxygen atoms in total. The molecule has 0 saturated heterocycles. The number of hydrogen-bond donors (Lipinski definition) is 0. The van der Waals surface area contributed by atoms with Gasteiger partial charge in [-0.15, -0.1) is 0 Å². The fraction of sp³-hybridized carbons (Fsp3) is 0.167. The molecule has 0 amide bonds. The molecule has 0 aliphatic heterocycles. The third-order valence-electron chi connectivity index (χ3n) is 8.44. The van der Waals surface area contributed by atoms with E-state index >= 15 is 0 Å². The Labute approximate surface area is 212 Å². The van der Waals surface area contributed by atoms with Gasteiger partial charge in [0.25, 0.3) is 0 Å². The molecule has 2 aliphatic carbocycles. The third kappa shape index (κ3) is 3.28. The van der Waals surface area contributed by atoms with Gasteiger partial charge in [-0.2, -0.15) is 0 Å². The van der Waals surface area contributed by atoms with Gasteiger partial charge >= 0.3 is 0 Å². The van der Waals surface area contributed by atoms with Crippen LogP contribution in [-0.4, -0.2) is 0 Å². The second-order valence-electron chi connectivity index (χ2n) is 10.6. The molecule has 0 bridgehead atoms. The summed E-state index contributed by atoms with van der Waals surface area (Å²) in [6.45, 7) is 4.66. The summed E-state index contributed by atoms with van der Waals surface area (Å²) in [6.07, 6.45) is 4.84. The molecule has 7 rings (SSSR count). The topological polar surface area (TPSA) is 0 Å². The maximum absolute atomic E-state index is 2.51. The summed E-state index contributed by atoms with van der Waals surface area (Å²) >= 11 is 0. The molecular weight excluding hydrogens is 432 g/mol. The van der Waals surface area contributed by atoms with Crippen molar-refractivity contribution in [2.75, 3.05) is 0 Å². The van der Waals surface area contributed by atoms with Crippen LogP contribution < -0.4 is 10.4 Å². The summed E-state index contributed by atoms with van der Waals surface area (Å²) in [5, 5.41) is 8.19. The van der Waals surface area contributed by atoms with Crippen molar-refractivity contribution < 1.29 is 0 Å². The first kappa shape index (κ1) is 21.4. The van der Waals surface area contributed by atoms with Gasteiger partial charge in [0.15, 0.2) is 0 Å². The molecule has 0 saturated carbocycles. The maximum Gasteiger partial charge on any atom is 0.0287 e. The van der Waals surface area contributed by atoms with Crippen LogP contribution in [0, 0.1) is 23.3 Å². The zero-order valence-corrected chi connectivity index (χ0v) is 21.0. The Morgan fingerprint density at radius 3 is 2.31 bits per heavy atom. The van der Waals surface area contributed by atoms with Crippen LogP contribution in [0.1, 0.15) is 47.1 Å². The molecule has 0 fully saturated rings. The molecule has 0 N–H and O–H groups in total. The van der Waals surface area contributed by atoms with E-state index in [0.717, 1.165) is 6.42 Å². The Kier molecular flexibility index (Phi) is 4.96. The third-order valence-corrected chi connectivity index (χ3v) is 8.44. The average Bonchev–Trinajstić information content (AvgIpc) is 2.92. The van der Waals surface area contributed by atoms with Crippen LogP contribution in [-0.2, 0) is 6.42 Å². The van der Waals surface area contributed by atoms with Crippen LogP contribution in [0.15, 0.2) is 103 Å². The lowest BCUT2D eigenvalue weighted by atomic mass is 9.75. The van der Waals surface area contributed by atoms with Gasteiger partial charge in [-0.1, -0.05) is 116 Å². The monoisotopic (exact) mass is 462 g/mol. The number of aryl methyl sites for hydroxylation is 1. The minimum Gasteiger partial charge on any atom is -0.0647 e. The summed E-state index contributed by atoms with van der Waals surface area (Å²) < 4.78 is 0. The van der Waals surface area contributed by atoms with Crippen molar-refractivity contribution in [1.82, 2.24) is 0 Å². The highest BCUT2D eigenvalue weighted by atomic mass is 14.3. The lowest BCUT2D eigenvalue weighted by Crippen LogP contribution is -2.28. The summed E-state index contributed by atoms with van der Waals surface area (Å²) in [7, 11) is 0. The largest absolute Gasteiger partial charge is 0.0647 e. The first-order valence-corrected chi connectivity index (χ1v) is 13.2. The fourth-order valence-corrected chi connectivity index (χ4v) is 6.65. The Morgan fingerprint density at radius 2 is 1.42 bits per heavy atom. The van der Waals surface area contributed by atoms with Crippen LogP contribution in [0.25, 0.3) is 22.4 Å². The van der Waals surface area contributed by atoms with Crippen LogP contribution in [0.4, 0.5) is 0 Å². The summed E-state index contributed by atoms with van der Waals surface area (Å²) in [4.78, 5) is 0. The summed E-state index contributed by atoms with van der Waals surface area (Å²) in [5.74, 6) is 0.802. The van der Waals surface area contributed by atoms with Crippen LogP contribution in [0.3, 0.4) is 0 Å². The zero-order valence-electron chi connectivity index (χ0n) is 21.0. The van der Waals surface area contributed by atoms with Crippen molar-refractivity contribution in [2.45, 2.75) is 32.6 Å². The van der Waals surface area contributed by atoms with E-state index in [0.29, 0.717) is 5.92 Å². The second-order valence-corrected chi connectivity index (χ2v) is 10.6. The first-order valence-electron chi connectivity index (χ1n) is 13.2.